The van der Waals surface area contributed by atoms with Crippen molar-refractivity contribution < 1.29 is 12.8 Å². The lowest BCUT2D eigenvalue weighted by Gasteiger charge is -2.21. The Bertz CT molecular complexity index is 547. The van der Waals surface area contributed by atoms with Gasteiger partial charge in [0, 0.05) is 18.8 Å². The normalized spacial score (nSPS) is 12.3. The zero-order valence-electron chi connectivity index (χ0n) is 12.1. The van der Waals surface area contributed by atoms with Gasteiger partial charge in [0.2, 0.25) is 10.0 Å². The molecule has 0 radical (unpaired) electrons. The van der Waals surface area contributed by atoms with Crippen LogP contribution in [0.3, 0.4) is 0 Å². The summed E-state index contributed by atoms with van der Waals surface area (Å²) in [5.41, 5.74) is 5.78. The summed E-state index contributed by atoms with van der Waals surface area (Å²) in [7, 11) is -0.00444. The minimum Gasteiger partial charge on any atom is -0.399 e. The van der Waals surface area contributed by atoms with Gasteiger partial charge < -0.3 is 10.6 Å². The maximum absolute atomic E-state index is 13.7. The molecule has 0 fully saturated rings. The predicted molar refractivity (Wildman–Crippen MR) is 78.4 cm³/mol. The molecule has 1 rings (SSSR count). The van der Waals surface area contributed by atoms with Crippen molar-refractivity contribution >= 4 is 15.7 Å². The molecule has 2 N–H and O–H groups in total. The van der Waals surface area contributed by atoms with Crippen LogP contribution in [0.1, 0.15) is 13.3 Å². The van der Waals surface area contributed by atoms with Gasteiger partial charge in [0.05, 0.1) is 0 Å². The van der Waals surface area contributed by atoms with E-state index in [1.54, 1.807) is 6.92 Å². The van der Waals surface area contributed by atoms with E-state index >= 15 is 0 Å². The maximum Gasteiger partial charge on any atom is 0.246 e. The first-order valence-electron chi connectivity index (χ1n) is 6.49. The molecule has 0 saturated carbocycles. The van der Waals surface area contributed by atoms with Crippen molar-refractivity contribution in [2.45, 2.75) is 18.2 Å². The fourth-order valence-corrected chi connectivity index (χ4v) is 3.46. The molecule has 0 heterocycles. The van der Waals surface area contributed by atoms with E-state index in [1.807, 2.05) is 19.0 Å². The van der Waals surface area contributed by atoms with Crippen molar-refractivity contribution in [3.05, 3.63) is 24.0 Å². The van der Waals surface area contributed by atoms with E-state index in [-0.39, 0.29) is 10.6 Å². The van der Waals surface area contributed by atoms with Crippen LogP contribution in [-0.4, -0.2) is 51.4 Å². The molecule has 1 aromatic rings. The molecule has 5 nitrogen and oxygen atoms in total. The number of nitrogen functional groups attached to an aromatic ring is 1. The lowest BCUT2D eigenvalue weighted by Crippen LogP contribution is -2.33. The standard InChI is InChI=1S/C13H22FN3O2S/c1-4-17(9-5-8-16(2)3)20(18,19)13-10-11(15)6-7-12(13)14/h6-7,10H,4-5,8-9,15H2,1-3H3. The lowest BCUT2D eigenvalue weighted by molar-refractivity contribution is 0.355. The first-order chi connectivity index (χ1) is 9.28. The van der Waals surface area contributed by atoms with Crippen molar-refractivity contribution in [3.8, 4) is 0 Å². The summed E-state index contributed by atoms with van der Waals surface area (Å²) in [5, 5.41) is 0. The fourth-order valence-electron chi connectivity index (χ4n) is 1.87. The van der Waals surface area contributed by atoms with Crippen LogP contribution >= 0.6 is 0 Å². The molecular formula is C13H22FN3O2S. The number of nitrogens with two attached hydrogens (primary N) is 1. The molecule has 0 aliphatic heterocycles. The van der Waals surface area contributed by atoms with E-state index in [2.05, 4.69) is 0 Å². The van der Waals surface area contributed by atoms with Gasteiger partial charge >= 0.3 is 0 Å². The Morgan fingerprint density at radius 2 is 1.90 bits per heavy atom. The second-order valence-electron chi connectivity index (χ2n) is 4.84. The van der Waals surface area contributed by atoms with Crippen molar-refractivity contribution in [2.24, 2.45) is 0 Å². The highest BCUT2D eigenvalue weighted by Gasteiger charge is 2.26. The Kier molecular flexibility index (Phi) is 5.91. The zero-order valence-corrected chi connectivity index (χ0v) is 13.0. The van der Waals surface area contributed by atoms with Crippen molar-refractivity contribution in [3.63, 3.8) is 0 Å². The number of sulfonamides is 1. The number of hydrogen-bond acceptors (Lipinski definition) is 4. The minimum atomic E-state index is -3.84. The van der Waals surface area contributed by atoms with Gasteiger partial charge in [-0.05, 0) is 45.3 Å². The minimum absolute atomic E-state index is 0.231. The SMILES string of the molecule is CCN(CCCN(C)C)S(=O)(=O)c1cc(N)ccc1F. The smallest absolute Gasteiger partial charge is 0.246 e. The molecule has 0 amide bonds. The first-order valence-corrected chi connectivity index (χ1v) is 7.93. The van der Waals surface area contributed by atoms with Gasteiger partial charge in [-0.25, -0.2) is 12.8 Å². The van der Waals surface area contributed by atoms with Gasteiger partial charge in [-0.1, -0.05) is 6.92 Å². The average molecular weight is 303 g/mol. The molecule has 0 aliphatic rings. The topological polar surface area (TPSA) is 66.6 Å². The molecule has 0 unspecified atom stereocenters. The zero-order chi connectivity index (χ0) is 15.3. The summed E-state index contributed by atoms with van der Waals surface area (Å²) in [6.07, 6.45) is 0.685. The summed E-state index contributed by atoms with van der Waals surface area (Å²) >= 11 is 0. The highest BCUT2D eigenvalue weighted by molar-refractivity contribution is 7.89. The molecule has 0 atom stereocenters. The van der Waals surface area contributed by atoms with Gasteiger partial charge in [0.1, 0.15) is 10.7 Å². The van der Waals surface area contributed by atoms with Gasteiger partial charge in [-0.3, -0.25) is 0 Å². The third-order valence-electron chi connectivity index (χ3n) is 2.94. The molecule has 0 bridgehead atoms. The molecule has 0 aliphatic carbocycles. The van der Waals surface area contributed by atoms with Crippen molar-refractivity contribution in [2.75, 3.05) is 39.5 Å². The largest absolute Gasteiger partial charge is 0.399 e. The summed E-state index contributed by atoms with van der Waals surface area (Å²) in [4.78, 5) is 1.62. The number of halogens is 1. The highest BCUT2D eigenvalue weighted by atomic mass is 32.2. The maximum atomic E-state index is 13.7. The van der Waals surface area contributed by atoms with Crippen LogP contribution in [0.5, 0.6) is 0 Å². The van der Waals surface area contributed by atoms with Gasteiger partial charge in [0.15, 0.2) is 0 Å². The molecule has 1 aromatic carbocycles. The van der Waals surface area contributed by atoms with E-state index in [0.717, 1.165) is 12.6 Å². The molecule has 0 saturated heterocycles. The van der Waals surface area contributed by atoms with E-state index in [9.17, 15) is 12.8 Å². The molecule has 114 valence electrons. The van der Waals surface area contributed by atoms with Gasteiger partial charge in [0.25, 0.3) is 0 Å². The van der Waals surface area contributed by atoms with Crippen LogP contribution in [0.2, 0.25) is 0 Å². The van der Waals surface area contributed by atoms with Crippen molar-refractivity contribution in [1.29, 1.82) is 0 Å². The quantitative estimate of drug-likeness (QED) is 0.773. The molecular weight excluding hydrogens is 281 g/mol. The Morgan fingerprint density at radius 3 is 2.45 bits per heavy atom. The Morgan fingerprint density at radius 1 is 1.25 bits per heavy atom. The second kappa shape index (κ2) is 7.01. The average Bonchev–Trinajstić information content (AvgIpc) is 2.36. The van der Waals surface area contributed by atoms with Gasteiger partial charge in [-0.15, -0.1) is 0 Å². The predicted octanol–water partition coefficient (Wildman–Crippen LogP) is 1.37. The molecule has 7 heteroatoms. The summed E-state index contributed by atoms with van der Waals surface area (Å²) in [6.45, 7) is 3.15. The van der Waals surface area contributed by atoms with Gasteiger partial charge in [-0.2, -0.15) is 4.31 Å². The number of benzene rings is 1. The second-order valence-corrected chi connectivity index (χ2v) is 6.75. The Labute approximate surface area is 120 Å². The van der Waals surface area contributed by atoms with Crippen molar-refractivity contribution in [1.82, 2.24) is 9.21 Å². The molecule has 20 heavy (non-hydrogen) atoms. The summed E-state index contributed by atoms with van der Waals surface area (Å²) in [6, 6.07) is 3.59. The fraction of sp³-hybridized carbons (Fsp3) is 0.538. The van der Waals surface area contributed by atoms with E-state index in [4.69, 9.17) is 5.73 Å². The Balaban J connectivity index is 2.97. The van der Waals surface area contributed by atoms with Crippen LogP contribution in [0, 0.1) is 5.82 Å². The van der Waals surface area contributed by atoms with Crippen LogP contribution in [0.4, 0.5) is 10.1 Å². The number of anilines is 1. The van der Waals surface area contributed by atoms with E-state index < -0.39 is 15.8 Å². The van der Waals surface area contributed by atoms with Crippen LogP contribution in [0.15, 0.2) is 23.1 Å². The number of hydrogen-bond donors (Lipinski definition) is 1. The summed E-state index contributed by atoms with van der Waals surface area (Å²) in [5.74, 6) is -0.773. The first kappa shape index (κ1) is 16.9. The summed E-state index contributed by atoms with van der Waals surface area (Å²) < 4.78 is 39.9. The van der Waals surface area contributed by atoms with Crippen LogP contribution in [0.25, 0.3) is 0 Å². The molecule has 0 aromatic heterocycles. The monoisotopic (exact) mass is 303 g/mol. The van der Waals surface area contributed by atoms with E-state index in [1.165, 1.54) is 16.4 Å². The number of rotatable bonds is 7. The highest BCUT2D eigenvalue weighted by Crippen LogP contribution is 2.21. The number of nitrogens with zero attached hydrogens (tertiary/aromatic N) is 2. The Hall–Kier alpha value is -1.18. The molecule has 0 spiro atoms. The van der Waals surface area contributed by atoms with E-state index in [0.29, 0.717) is 19.5 Å². The lowest BCUT2D eigenvalue weighted by atomic mass is 10.3. The van der Waals surface area contributed by atoms with Crippen LogP contribution < -0.4 is 5.73 Å². The third-order valence-corrected chi connectivity index (χ3v) is 4.93. The third kappa shape index (κ3) is 4.16. The van der Waals surface area contributed by atoms with Crippen LogP contribution in [-0.2, 0) is 10.0 Å².